The van der Waals surface area contributed by atoms with Crippen LogP contribution in [-0.4, -0.2) is 209 Å². The summed E-state index contributed by atoms with van der Waals surface area (Å²) in [6.45, 7) is 8.83. The highest BCUT2D eigenvalue weighted by molar-refractivity contribution is 7.51. The van der Waals surface area contributed by atoms with E-state index in [0.29, 0.717) is 13.1 Å². The number of primary amides is 1. The van der Waals surface area contributed by atoms with E-state index in [-0.39, 0.29) is 91.0 Å². The number of ketones is 3. The van der Waals surface area contributed by atoms with Crippen molar-refractivity contribution in [1.82, 2.24) is 37.2 Å². The van der Waals surface area contributed by atoms with E-state index in [9.17, 15) is 74.7 Å². The smallest absolute Gasteiger partial charge is 0.373 e. The van der Waals surface area contributed by atoms with Crippen molar-refractivity contribution in [3.8, 4) is 57.1 Å². The SMILES string of the molecule is CCCCCCCCCCNCCNC1(C)C[C@H](O[C@H]2[C@H](Oc3c4cc5cc3Oc3ccc(cc3Cl)[C@@H](O)[C@@H](NC(=O)[C@@H](CC(C)C)NC)C(=O)C[C@@H](CC(N)=O)C(=O)N[C@H]5C(=O)C[C@@H]3C(=O)C[C@H](C(=O)NCc5cc(O)c(CNCP(=O)(O)O)c(O)c5-c5cc3ccc5O)[C@H](O)c3ccc(c(Cl)c3)O4)OC(CO)[C@@H](O)[C@@H]2O)O[C@@H](C)[C@H]1O.O=C=O. The average Bonchev–Trinajstić information content (AvgIpc) is 0.765. The molecule has 7 heterocycles. The zero-order valence-corrected chi connectivity index (χ0v) is 70.2. The van der Waals surface area contributed by atoms with Crippen molar-refractivity contribution in [2.24, 2.45) is 23.5 Å². The molecule has 7 aliphatic rings. The highest BCUT2D eigenvalue weighted by Crippen LogP contribution is 2.51. The number of nitrogens with two attached hydrogens (primary N) is 1. The molecule has 0 aromatic heterocycles. The van der Waals surface area contributed by atoms with Crippen LogP contribution in [0.1, 0.15) is 182 Å². The van der Waals surface area contributed by atoms with Crippen LogP contribution in [0.4, 0.5) is 0 Å². The van der Waals surface area contributed by atoms with Gasteiger partial charge < -0.3 is 127 Å². The fourth-order valence-corrected chi connectivity index (χ4v) is 16.6. The lowest BCUT2D eigenvalue weighted by atomic mass is 9.80. The number of benzene rings is 5. The van der Waals surface area contributed by atoms with Crippen LogP contribution in [0.15, 0.2) is 72.8 Å². The summed E-state index contributed by atoms with van der Waals surface area (Å²) in [6, 6.07) is 9.37. The Balaban J connectivity index is 0.00000546. The largest absolute Gasteiger partial charge is 0.507 e. The Hall–Kier alpha value is -8.62. The predicted octanol–water partition coefficient (Wildman–Crippen LogP) is 5.55. The normalized spacial score (nSPS) is 26.1. The molecule has 4 amide bonds. The van der Waals surface area contributed by atoms with Crippen LogP contribution in [0.2, 0.25) is 10.0 Å². The summed E-state index contributed by atoms with van der Waals surface area (Å²) >= 11 is 14.4. The number of fused-ring (bicyclic) bond motifs is 15. The highest BCUT2D eigenvalue weighted by Gasteiger charge is 2.52. The lowest BCUT2D eigenvalue weighted by Crippen LogP contribution is -2.65. The van der Waals surface area contributed by atoms with Gasteiger partial charge in [-0.15, -0.1) is 0 Å². The van der Waals surface area contributed by atoms with E-state index in [1.54, 1.807) is 13.8 Å². The standard InChI is InChI=1S/C82H109Cl2N8O25P.CO2/c1-7-8-9-10-11-12-13-14-21-87-22-23-90-82(5)35-66(112-41(4)77(82)105)116-76-74(104)73(103)64(38-93)115-81(76)117-75-62-30-45-31-63(75)114-61-20-17-44(27-53(61)84)71(101)69(92-80(108)54(86-6)24-40(2)3)58(97)28-46(32-65(85)99)78(106)91-68(45)59(98)33-48-42-15-18-55(94)49(25-42)67-47(29-56(95)51(72(67)102)37-88-39-118(109,110)111)36-89-79(107)50(34-57(48)96)70(100)43-16-19-60(113-62)52(83)26-43;2-1-3/h15-20,25-27,29-31,40-41,46,48,50,54,64,66,68-71,73-74,76-77,81,86-88,90,93-95,100-105H,7-14,21-24,28,32-39H2,1-6H3,(H2,85,99)(H,89,107)(H,91,106)(H,92,108)(H2,109,110,111);/t41-,46-,48-,50-,54+,64?,66-,68+,69-,70+,71+,73+,74-,76+,77+,81-,82?;/m0./s1. The van der Waals surface area contributed by atoms with Gasteiger partial charge in [0.2, 0.25) is 35.7 Å². The van der Waals surface area contributed by atoms with Crippen molar-refractivity contribution >= 4 is 77.9 Å². The van der Waals surface area contributed by atoms with Gasteiger partial charge in [0, 0.05) is 80.9 Å². The van der Waals surface area contributed by atoms with Gasteiger partial charge in [-0.2, -0.15) is 9.59 Å². The number of phenols is 3. The molecule has 0 saturated carbocycles. The van der Waals surface area contributed by atoms with Crippen molar-refractivity contribution in [1.29, 1.82) is 0 Å². The molecule has 2 saturated heterocycles. The molecule has 12 rings (SSSR count). The Labute approximate surface area is 708 Å². The molecule has 11 bridgehead atoms. The molecule has 0 spiro atoms. The molecule has 2 unspecified atom stereocenters. The predicted molar refractivity (Wildman–Crippen MR) is 435 cm³/mol. The summed E-state index contributed by atoms with van der Waals surface area (Å²) in [6.07, 6.45) is -11.8. The molecule has 20 N–H and O–H groups in total. The van der Waals surface area contributed by atoms with Crippen LogP contribution in [0.5, 0.6) is 46.0 Å². The van der Waals surface area contributed by atoms with Gasteiger partial charge >= 0.3 is 13.7 Å². The molecule has 0 radical (unpaired) electrons. The third-order valence-corrected chi connectivity index (χ3v) is 23.5. The minimum Gasteiger partial charge on any atom is -0.507 e. The maximum absolute atomic E-state index is 16.4. The fourth-order valence-electron chi connectivity index (χ4n) is 15.7. The fraction of sp³-hybridized carbons (Fsp3) is 0.542. The number of hydrogen-bond acceptors (Lipinski definition) is 29. The molecule has 121 heavy (non-hydrogen) atoms. The van der Waals surface area contributed by atoms with Crippen LogP contribution in [0.25, 0.3) is 11.1 Å². The molecule has 662 valence electrons. The van der Waals surface area contributed by atoms with Gasteiger partial charge in [0.1, 0.15) is 71.0 Å². The zero-order valence-electron chi connectivity index (χ0n) is 67.8. The van der Waals surface area contributed by atoms with Gasteiger partial charge in [0.15, 0.2) is 35.5 Å². The highest BCUT2D eigenvalue weighted by atomic mass is 35.5. The van der Waals surface area contributed by atoms with Gasteiger partial charge in [-0.3, -0.25) is 38.1 Å². The van der Waals surface area contributed by atoms with Gasteiger partial charge in [-0.1, -0.05) is 107 Å². The van der Waals surface area contributed by atoms with Crippen molar-refractivity contribution in [3.05, 3.63) is 116 Å². The van der Waals surface area contributed by atoms with Crippen LogP contribution < -0.4 is 57.2 Å². The number of aromatic hydroxyl groups is 3. The molecule has 2 fully saturated rings. The number of carbonyl (C=O) groups is 7. The van der Waals surface area contributed by atoms with Crippen LogP contribution in [-0.2, 0) is 75.0 Å². The molecule has 0 aliphatic carbocycles. The molecular weight excluding hydrogens is 1640 g/mol. The van der Waals surface area contributed by atoms with Gasteiger partial charge in [-0.05, 0) is 129 Å². The number of ether oxygens (including phenoxy) is 6. The van der Waals surface area contributed by atoms with Gasteiger partial charge in [0.25, 0.3) is 0 Å². The first-order valence-corrected chi connectivity index (χ1v) is 42.8. The number of carbonyl (C=O) groups excluding carboxylic acids is 9. The second kappa shape index (κ2) is 43.6. The van der Waals surface area contributed by atoms with Crippen molar-refractivity contribution in [2.45, 2.75) is 229 Å². The topological polar surface area (TPSA) is 559 Å². The van der Waals surface area contributed by atoms with E-state index in [1.165, 1.54) is 87.7 Å². The lowest BCUT2D eigenvalue weighted by molar-refractivity contribution is -0.334. The lowest BCUT2D eigenvalue weighted by Gasteiger charge is -2.48. The Bertz CT molecular complexity index is 4590. The maximum Gasteiger partial charge on any atom is 0.373 e. The second-order valence-electron chi connectivity index (χ2n) is 31.8. The summed E-state index contributed by atoms with van der Waals surface area (Å²) in [5.74, 6) is -17.1. The van der Waals surface area contributed by atoms with E-state index in [0.717, 1.165) is 50.1 Å². The number of unbranched alkanes of at least 4 members (excludes halogenated alkanes) is 7. The number of Topliss-reactive ketones (excluding diaryl/α,β-unsaturated/α-hetero) is 3. The van der Waals surface area contributed by atoms with Crippen molar-refractivity contribution in [2.75, 3.05) is 39.6 Å². The number of phenolic OH excluding ortho intramolecular Hbond substituents is 3. The zero-order chi connectivity index (χ0) is 88.5. The average molecular weight is 1750 g/mol. The van der Waals surface area contributed by atoms with E-state index < -0.39 is 238 Å². The van der Waals surface area contributed by atoms with E-state index in [4.69, 9.17) is 66.9 Å². The molecule has 5 aromatic rings. The molecule has 7 aliphatic heterocycles. The molecule has 35 nitrogen and oxygen atoms in total. The molecular formula is C83H109Cl2N8O27P. The Kier molecular flexibility index (Phi) is 34.7. The number of aliphatic hydroxyl groups is 6. The summed E-state index contributed by atoms with van der Waals surface area (Å²) in [4.78, 5) is 141. The number of rotatable bonds is 29. The Morgan fingerprint density at radius 3 is 1.97 bits per heavy atom. The first kappa shape index (κ1) is 96.2. The summed E-state index contributed by atoms with van der Waals surface area (Å²) in [5, 5.41) is 127. The maximum atomic E-state index is 16.4. The first-order valence-electron chi connectivity index (χ1n) is 40.2. The van der Waals surface area contributed by atoms with E-state index in [2.05, 4.69) is 44.1 Å². The quantitative estimate of drug-likeness (QED) is 0.0206. The van der Waals surface area contributed by atoms with Gasteiger partial charge in [-0.25, -0.2) is 0 Å². The molecule has 5 aromatic carbocycles. The number of halogens is 2. The summed E-state index contributed by atoms with van der Waals surface area (Å²) in [7, 11) is -3.22. The minimum absolute atomic E-state index is 0.0785. The van der Waals surface area contributed by atoms with Crippen molar-refractivity contribution in [3.63, 3.8) is 0 Å². The summed E-state index contributed by atoms with van der Waals surface area (Å²) in [5.41, 5.74) is 3.06. The van der Waals surface area contributed by atoms with Crippen LogP contribution in [0, 0.1) is 17.8 Å². The second-order valence-corrected chi connectivity index (χ2v) is 34.2. The third kappa shape index (κ3) is 24.7. The van der Waals surface area contributed by atoms with Gasteiger partial charge in [0.05, 0.1) is 64.7 Å². The van der Waals surface area contributed by atoms with E-state index >= 15 is 19.2 Å². The molecule has 38 heteroatoms. The molecule has 17 atom stereocenters. The monoisotopic (exact) mass is 1750 g/mol. The first-order chi connectivity index (χ1) is 57.4. The van der Waals surface area contributed by atoms with Crippen LogP contribution in [0.3, 0.4) is 0 Å². The van der Waals surface area contributed by atoms with Crippen molar-refractivity contribution < 1.29 is 132 Å². The summed E-state index contributed by atoms with van der Waals surface area (Å²) < 4.78 is 51.6. The third-order valence-electron chi connectivity index (χ3n) is 22.2. The number of hydrogen-bond donors (Lipinski definition) is 19. The Morgan fingerprint density at radius 1 is 0.736 bits per heavy atom. The number of aliphatic hydroxyl groups excluding tert-OH is 6. The Morgan fingerprint density at radius 2 is 1.36 bits per heavy atom. The van der Waals surface area contributed by atoms with Crippen LogP contribution >= 0.6 is 30.8 Å². The minimum atomic E-state index is -4.73. The number of nitrogens with one attached hydrogen (secondary N) is 7. The number of likely N-dealkylation sites (N-methyl/N-ethyl adjacent to an activating group) is 1. The number of amides is 4. The van der Waals surface area contributed by atoms with E-state index in [1.807, 2.05) is 13.8 Å².